The maximum atomic E-state index is 13.0. The highest BCUT2D eigenvalue weighted by Gasteiger charge is 2.46. The Labute approximate surface area is 163 Å². The lowest BCUT2D eigenvalue weighted by atomic mass is 10.0. The first-order valence-corrected chi connectivity index (χ1v) is 9.92. The highest BCUT2D eigenvalue weighted by atomic mass is 35.5. The Morgan fingerprint density at radius 1 is 1.19 bits per heavy atom. The van der Waals surface area contributed by atoms with Crippen molar-refractivity contribution in [2.24, 2.45) is 0 Å². The number of nitrogens with one attached hydrogen (secondary N) is 1. The van der Waals surface area contributed by atoms with Gasteiger partial charge >= 0.3 is 0 Å². The van der Waals surface area contributed by atoms with Crippen molar-refractivity contribution in [1.29, 1.82) is 0 Å². The van der Waals surface area contributed by atoms with E-state index in [1.54, 1.807) is 0 Å². The van der Waals surface area contributed by atoms with Crippen LogP contribution in [0.5, 0.6) is 0 Å². The van der Waals surface area contributed by atoms with Gasteiger partial charge in [-0.2, -0.15) is 0 Å². The van der Waals surface area contributed by atoms with Crippen LogP contribution in [0.4, 0.5) is 4.39 Å². The van der Waals surface area contributed by atoms with Gasteiger partial charge in [0.05, 0.1) is 36.9 Å². The number of aliphatic hydroxyl groups is 2. The molecule has 0 bridgehead atoms. The summed E-state index contributed by atoms with van der Waals surface area (Å²) in [7, 11) is -3.84. The number of halogens is 2. The molecule has 0 spiro atoms. The van der Waals surface area contributed by atoms with Crippen molar-refractivity contribution in [3.8, 4) is 0 Å². The molecule has 0 radical (unpaired) electrons. The number of morpholine rings is 1. The summed E-state index contributed by atoms with van der Waals surface area (Å²) in [6.07, 6.45) is -2.34. The van der Waals surface area contributed by atoms with Gasteiger partial charge in [0, 0.05) is 19.6 Å². The molecule has 2 heterocycles. The summed E-state index contributed by atoms with van der Waals surface area (Å²) in [6, 6.07) is 4.05. The molecule has 2 saturated heterocycles. The van der Waals surface area contributed by atoms with Gasteiger partial charge in [-0.05, 0) is 24.3 Å². The van der Waals surface area contributed by atoms with E-state index in [4.69, 9.17) is 9.47 Å². The molecule has 27 heavy (non-hydrogen) atoms. The third-order valence-corrected chi connectivity index (χ3v) is 6.15. The number of rotatable bonds is 6. The van der Waals surface area contributed by atoms with E-state index >= 15 is 0 Å². The number of hydrogen-bond acceptors (Lipinski definition) is 7. The molecule has 11 heteroatoms. The number of hydrogen-bond donors (Lipinski definition) is 3. The predicted octanol–water partition coefficient (Wildman–Crippen LogP) is -0.653. The van der Waals surface area contributed by atoms with Gasteiger partial charge in [-0.1, -0.05) is 0 Å². The van der Waals surface area contributed by atoms with E-state index in [1.807, 2.05) is 4.90 Å². The smallest absolute Gasteiger partial charge is 0.240 e. The fraction of sp³-hybridized carbons (Fsp3) is 0.625. The van der Waals surface area contributed by atoms with Crippen molar-refractivity contribution < 1.29 is 32.5 Å². The predicted molar refractivity (Wildman–Crippen MR) is 96.8 cm³/mol. The normalized spacial score (nSPS) is 29.4. The van der Waals surface area contributed by atoms with E-state index in [1.165, 1.54) is 12.1 Å². The second kappa shape index (κ2) is 9.57. The minimum absolute atomic E-state index is 0. The molecule has 0 amide bonds. The van der Waals surface area contributed by atoms with Crippen LogP contribution < -0.4 is 4.72 Å². The third kappa shape index (κ3) is 5.15. The molecule has 2 fully saturated rings. The molecule has 3 N–H and O–H groups in total. The Balaban J connectivity index is 0.00000261. The van der Waals surface area contributed by atoms with Gasteiger partial charge in [-0.15, -0.1) is 12.4 Å². The average molecular weight is 427 g/mol. The van der Waals surface area contributed by atoms with Crippen LogP contribution in [0.3, 0.4) is 0 Å². The van der Waals surface area contributed by atoms with Gasteiger partial charge in [0.1, 0.15) is 18.0 Å². The summed E-state index contributed by atoms with van der Waals surface area (Å²) >= 11 is 0. The number of sulfonamides is 1. The zero-order valence-corrected chi connectivity index (χ0v) is 16.2. The topological polar surface area (TPSA) is 108 Å². The van der Waals surface area contributed by atoms with Crippen LogP contribution in [0, 0.1) is 5.82 Å². The summed E-state index contributed by atoms with van der Waals surface area (Å²) in [6.45, 7) is 1.77. The molecule has 1 aromatic carbocycles. The maximum absolute atomic E-state index is 13.0. The van der Waals surface area contributed by atoms with Crippen LogP contribution in [0.15, 0.2) is 29.2 Å². The summed E-state index contributed by atoms with van der Waals surface area (Å²) in [5.41, 5.74) is 0. The van der Waals surface area contributed by atoms with Gasteiger partial charge in [-0.3, -0.25) is 4.90 Å². The molecule has 4 atom stereocenters. The number of ether oxygens (including phenoxy) is 2. The van der Waals surface area contributed by atoms with E-state index in [9.17, 15) is 23.0 Å². The van der Waals surface area contributed by atoms with E-state index in [0.29, 0.717) is 26.3 Å². The molecule has 3 rings (SSSR count). The van der Waals surface area contributed by atoms with Crippen molar-refractivity contribution in [2.45, 2.75) is 29.2 Å². The van der Waals surface area contributed by atoms with Crippen molar-refractivity contribution in [1.82, 2.24) is 9.62 Å². The molecule has 0 saturated carbocycles. The van der Waals surface area contributed by atoms with Crippen LogP contribution in [-0.2, 0) is 19.5 Å². The Morgan fingerprint density at radius 3 is 2.41 bits per heavy atom. The Kier molecular flexibility index (Phi) is 7.95. The highest BCUT2D eigenvalue weighted by Crippen LogP contribution is 2.26. The summed E-state index contributed by atoms with van der Waals surface area (Å²) < 4.78 is 51.2. The monoisotopic (exact) mass is 426 g/mol. The quantitative estimate of drug-likeness (QED) is 0.554. The van der Waals surface area contributed by atoms with E-state index in [0.717, 1.165) is 12.1 Å². The first kappa shape index (κ1) is 22.4. The second-order valence-corrected chi connectivity index (χ2v) is 8.10. The highest BCUT2D eigenvalue weighted by molar-refractivity contribution is 7.89. The third-order valence-electron chi connectivity index (χ3n) is 4.71. The van der Waals surface area contributed by atoms with Crippen LogP contribution in [0.2, 0.25) is 0 Å². The van der Waals surface area contributed by atoms with Crippen LogP contribution in [0.25, 0.3) is 0 Å². The minimum Gasteiger partial charge on any atom is -0.394 e. The standard InChI is InChI=1S/C16H23FN2O6S.ClH/c17-11-1-3-12(4-2-11)26(22,23)18-9-13-15(16(21)14(10-20)25-13)19-5-7-24-8-6-19;/h1-4,13-16,18,20-21H,5-10H2;1H/t13-,14+,15+,16-;/m1./s1. The molecule has 0 aromatic heterocycles. The lowest BCUT2D eigenvalue weighted by molar-refractivity contribution is -0.0207. The molecule has 0 unspecified atom stereocenters. The molecule has 8 nitrogen and oxygen atoms in total. The van der Waals surface area contributed by atoms with Crippen LogP contribution in [-0.4, -0.2) is 87.3 Å². The van der Waals surface area contributed by atoms with Crippen LogP contribution in [0.1, 0.15) is 0 Å². The van der Waals surface area contributed by atoms with Gasteiger partial charge in [0.2, 0.25) is 10.0 Å². The second-order valence-electron chi connectivity index (χ2n) is 6.33. The first-order valence-electron chi connectivity index (χ1n) is 8.44. The van der Waals surface area contributed by atoms with Crippen molar-refractivity contribution in [3.05, 3.63) is 30.1 Å². The van der Waals surface area contributed by atoms with Gasteiger partial charge < -0.3 is 19.7 Å². The van der Waals surface area contributed by atoms with Gasteiger partial charge in [0.15, 0.2) is 0 Å². The zero-order valence-electron chi connectivity index (χ0n) is 14.5. The largest absolute Gasteiger partial charge is 0.394 e. The summed E-state index contributed by atoms with van der Waals surface area (Å²) in [4.78, 5) is 1.93. The van der Waals surface area contributed by atoms with Crippen molar-refractivity contribution in [3.63, 3.8) is 0 Å². The first-order chi connectivity index (χ1) is 12.4. The molecule has 1 aromatic rings. The van der Waals surface area contributed by atoms with Crippen LogP contribution >= 0.6 is 12.4 Å². The van der Waals surface area contributed by atoms with Gasteiger partial charge in [-0.25, -0.2) is 17.5 Å². The van der Waals surface area contributed by atoms with E-state index in [-0.39, 0.29) is 30.5 Å². The molecule has 2 aliphatic heterocycles. The Morgan fingerprint density at radius 2 is 1.81 bits per heavy atom. The molecule has 2 aliphatic rings. The Bertz CT molecular complexity index is 701. The molecule has 0 aliphatic carbocycles. The average Bonchev–Trinajstić information content (AvgIpc) is 2.97. The lowest BCUT2D eigenvalue weighted by Crippen LogP contribution is -2.54. The maximum Gasteiger partial charge on any atom is 0.240 e. The van der Waals surface area contributed by atoms with Crippen molar-refractivity contribution >= 4 is 22.4 Å². The van der Waals surface area contributed by atoms with Crippen molar-refractivity contribution in [2.75, 3.05) is 39.5 Å². The summed E-state index contributed by atoms with van der Waals surface area (Å²) in [5, 5.41) is 19.9. The lowest BCUT2D eigenvalue weighted by Gasteiger charge is -2.36. The Hall–Kier alpha value is -0.850. The number of benzene rings is 1. The zero-order chi connectivity index (χ0) is 18.7. The summed E-state index contributed by atoms with van der Waals surface area (Å²) in [5.74, 6) is -0.524. The SMILES string of the molecule is Cl.O=S(=O)(NC[C@H]1O[C@@H](CO)[C@@H](O)[C@H]1N1CCOCC1)c1ccc(F)cc1. The number of nitrogens with zero attached hydrogens (tertiary/aromatic N) is 1. The molecule has 154 valence electrons. The van der Waals surface area contributed by atoms with E-state index < -0.39 is 40.2 Å². The molecular formula is C16H24ClFN2O6S. The fourth-order valence-corrected chi connectivity index (χ4v) is 4.41. The van der Waals surface area contributed by atoms with Gasteiger partial charge in [0.25, 0.3) is 0 Å². The van der Waals surface area contributed by atoms with E-state index in [2.05, 4.69) is 4.72 Å². The molecular weight excluding hydrogens is 403 g/mol. The fourth-order valence-electron chi connectivity index (χ4n) is 3.36. The number of aliphatic hydroxyl groups excluding tert-OH is 2. The minimum atomic E-state index is -3.84.